The van der Waals surface area contributed by atoms with E-state index >= 15 is 0 Å². The molecule has 1 aromatic rings. The molecule has 1 atom stereocenters. The molecule has 0 aliphatic heterocycles. The van der Waals surface area contributed by atoms with Gasteiger partial charge in [-0.3, -0.25) is 0 Å². The highest BCUT2D eigenvalue weighted by molar-refractivity contribution is 6.30. The van der Waals surface area contributed by atoms with Crippen LogP contribution >= 0.6 is 11.6 Å². The second-order valence-corrected chi connectivity index (χ2v) is 4.43. The number of rotatable bonds is 5. The summed E-state index contributed by atoms with van der Waals surface area (Å²) < 4.78 is 0. The van der Waals surface area contributed by atoms with E-state index in [0.29, 0.717) is 6.04 Å². The van der Waals surface area contributed by atoms with Crippen LogP contribution in [0.2, 0.25) is 5.02 Å². The van der Waals surface area contributed by atoms with Crippen molar-refractivity contribution in [2.75, 3.05) is 5.32 Å². The van der Waals surface area contributed by atoms with E-state index in [2.05, 4.69) is 32.2 Å². The molecule has 1 nitrogen and oxygen atoms in total. The van der Waals surface area contributed by atoms with Gasteiger partial charge >= 0.3 is 0 Å². The minimum atomic E-state index is 0.562. The maximum atomic E-state index is 5.98. The number of hydrogen-bond acceptors (Lipinski definition) is 1. The predicted octanol–water partition coefficient (Wildman–Crippen LogP) is 4.64. The van der Waals surface area contributed by atoms with Crippen LogP contribution in [0.15, 0.2) is 18.2 Å². The molecule has 0 aromatic heterocycles. The molecule has 15 heavy (non-hydrogen) atoms. The molecule has 0 bridgehead atoms. The molecule has 84 valence electrons. The van der Waals surface area contributed by atoms with Crippen molar-refractivity contribution < 1.29 is 0 Å². The topological polar surface area (TPSA) is 12.0 Å². The van der Waals surface area contributed by atoms with Gasteiger partial charge in [0.25, 0.3) is 0 Å². The van der Waals surface area contributed by atoms with Gasteiger partial charge in [0.15, 0.2) is 0 Å². The average Bonchev–Trinajstić information content (AvgIpc) is 2.22. The highest BCUT2D eigenvalue weighted by Crippen LogP contribution is 2.22. The summed E-state index contributed by atoms with van der Waals surface area (Å²) in [5.74, 6) is 0. The largest absolute Gasteiger partial charge is 0.382 e. The molecular weight excluding hydrogens is 206 g/mol. The minimum Gasteiger partial charge on any atom is -0.382 e. The smallest absolute Gasteiger partial charge is 0.0426 e. The molecule has 1 rings (SSSR count). The van der Waals surface area contributed by atoms with Crippen molar-refractivity contribution >= 4 is 17.3 Å². The monoisotopic (exact) mass is 225 g/mol. The van der Waals surface area contributed by atoms with Crippen LogP contribution in [0.4, 0.5) is 5.69 Å². The zero-order chi connectivity index (χ0) is 11.3. The SMILES string of the molecule is CCCC(CC)Nc1cc(Cl)ccc1C. The summed E-state index contributed by atoms with van der Waals surface area (Å²) in [5.41, 5.74) is 2.43. The zero-order valence-corrected chi connectivity index (χ0v) is 10.6. The Kier molecular flexibility index (Phi) is 4.97. The Bertz CT molecular complexity index is 309. The van der Waals surface area contributed by atoms with Gasteiger partial charge in [-0.05, 0) is 37.5 Å². The van der Waals surface area contributed by atoms with E-state index < -0.39 is 0 Å². The van der Waals surface area contributed by atoms with Gasteiger partial charge < -0.3 is 5.32 Å². The highest BCUT2D eigenvalue weighted by Gasteiger charge is 2.06. The summed E-state index contributed by atoms with van der Waals surface area (Å²) in [5, 5.41) is 4.35. The lowest BCUT2D eigenvalue weighted by molar-refractivity contribution is 0.622. The van der Waals surface area contributed by atoms with Crippen LogP contribution in [-0.2, 0) is 0 Å². The first-order chi connectivity index (χ1) is 7.17. The van der Waals surface area contributed by atoms with E-state index in [1.54, 1.807) is 0 Å². The highest BCUT2D eigenvalue weighted by atomic mass is 35.5. The first-order valence-corrected chi connectivity index (χ1v) is 6.07. The molecule has 0 radical (unpaired) electrons. The van der Waals surface area contributed by atoms with Crippen molar-refractivity contribution in [1.82, 2.24) is 0 Å². The molecule has 0 amide bonds. The standard InChI is InChI=1S/C13H20ClN/c1-4-6-12(5-2)15-13-9-11(14)8-7-10(13)3/h7-9,12,15H,4-6H2,1-3H3. The summed E-state index contributed by atoms with van der Waals surface area (Å²) in [4.78, 5) is 0. The van der Waals surface area contributed by atoms with Gasteiger partial charge in [0, 0.05) is 16.8 Å². The Morgan fingerprint density at radius 3 is 2.67 bits per heavy atom. The summed E-state index contributed by atoms with van der Waals surface area (Å²) in [6.45, 7) is 6.54. The van der Waals surface area contributed by atoms with E-state index in [-0.39, 0.29) is 0 Å². The quantitative estimate of drug-likeness (QED) is 0.770. The lowest BCUT2D eigenvalue weighted by Crippen LogP contribution is -2.18. The fourth-order valence-corrected chi connectivity index (χ4v) is 1.87. The van der Waals surface area contributed by atoms with Crippen LogP contribution in [0.1, 0.15) is 38.7 Å². The molecule has 1 N–H and O–H groups in total. The van der Waals surface area contributed by atoms with Crippen molar-refractivity contribution in [2.45, 2.75) is 46.1 Å². The Balaban J connectivity index is 2.73. The van der Waals surface area contributed by atoms with Crippen molar-refractivity contribution in [1.29, 1.82) is 0 Å². The van der Waals surface area contributed by atoms with Gasteiger partial charge in [-0.1, -0.05) is 37.9 Å². The van der Waals surface area contributed by atoms with Crippen molar-refractivity contribution in [3.63, 3.8) is 0 Å². The number of halogens is 1. The third-order valence-electron chi connectivity index (χ3n) is 2.69. The van der Waals surface area contributed by atoms with Crippen molar-refractivity contribution in [3.05, 3.63) is 28.8 Å². The first kappa shape index (κ1) is 12.4. The Labute approximate surface area is 97.8 Å². The molecule has 2 heteroatoms. The maximum Gasteiger partial charge on any atom is 0.0426 e. The lowest BCUT2D eigenvalue weighted by atomic mass is 10.1. The number of hydrogen-bond donors (Lipinski definition) is 1. The molecular formula is C13H20ClN. The van der Waals surface area contributed by atoms with E-state index in [0.717, 1.165) is 11.4 Å². The minimum absolute atomic E-state index is 0.562. The van der Waals surface area contributed by atoms with Crippen LogP contribution in [-0.4, -0.2) is 6.04 Å². The molecule has 1 aromatic carbocycles. The molecule has 0 saturated carbocycles. The Morgan fingerprint density at radius 2 is 2.07 bits per heavy atom. The molecule has 0 aliphatic carbocycles. The summed E-state index contributed by atoms with van der Waals surface area (Å²) in [6.07, 6.45) is 3.58. The van der Waals surface area contributed by atoms with Crippen LogP contribution < -0.4 is 5.32 Å². The molecule has 0 aliphatic rings. The van der Waals surface area contributed by atoms with E-state index in [1.165, 1.54) is 24.1 Å². The second-order valence-electron chi connectivity index (χ2n) is 4.00. The van der Waals surface area contributed by atoms with Crippen molar-refractivity contribution in [2.24, 2.45) is 0 Å². The van der Waals surface area contributed by atoms with Gasteiger partial charge in [0.2, 0.25) is 0 Å². The predicted molar refractivity (Wildman–Crippen MR) is 68.8 cm³/mol. The number of nitrogens with one attached hydrogen (secondary N) is 1. The molecule has 1 unspecified atom stereocenters. The van der Waals surface area contributed by atoms with Gasteiger partial charge in [-0.25, -0.2) is 0 Å². The fraction of sp³-hybridized carbons (Fsp3) is 0.538. The lowest BCUT2D eigenvalue weighted by Gasteiger charge is -2.19. The summed E-state index contributed by atoms with van der Waals surface area (Å²) >= 11 is 5.98. The Morgan fingerprint density at radius 1 is 1.33 bits per heavy atom. The van der Waals surface area contributed by atoms with Gasteiger partial charge in [0.05, 0.1) is 0 Å². The zero-order valence-electron chi connectivity index (χ0n) is 9.81. The third-order valence-corrected chi connectivity index (χ3v) is 2.92. The Hall–Kier alpha value is -0.690. The van der Waals surface area contributed by atoms with Crippen LogP contribution in [0, 0.1) is 6.92 Å². The average molecular weight is 226 g/mol. The van der Waals surface area contributed by atoms with E-state index in [9.17, 15) is 0 Å². The van der Waals surface area contributed by atoms with Crippen LogP contribution in [0.25, 0.3) is 0 Å². The number of aryl methyl sites for hydroxylation is 1. The van der Waals surface area contributed by atoms with Crippen LogP contribution in [0.5, 0.6) is 0 Å². The molecule has 0 fully saturated rings. The van der Waals surface area contributed by atoms with Crippen molar-refractivity contribution in [3.8, 4) is 0 Å². The second kappa shape index (κ2) is 6.02. The van der Waals surface area contributed by atoms with Gasteiger partial charge in [0.1, 0.15) is 0 Å². The molecule has 0 saturated heterocycles. The summed E-state index contributed by atoms with van der Waals surface area (Å²) in [6, 6.07) is 6.56. The molecule has 0 spiro atoms. The fourth-order valence-electron chi connectivity index (χ4n) is 1.70. The van der Waals surface area contributed by atoms with Crippen LogP contribution in [0.3, 0.4) is 0 Å². The number of benzene rings is 1. The molecule has 0 heterocycles. The number of anilines is 1. The maximum absolute atomic E-state index is 5.98. The van der Waals surface area contributed by atoms with Gasteiger partial charge in [-0.15, -0.1) is 0 Å². The van der Waals surface area contributed by atoms with Gasteiger partial charge in [-0.2, -0.15) is 0 Å². The normalized spacial score (nSPS) is 12.5. The summed E-state index contributed by atoms with van der Waals surface area (Å²) in [7, 11) is 0. The third kappa shape index (κ3) is 3.75. The van der Waals surface area contributed by atoms with E-state index in [1.807, 2.05) is 12.1 Å². The first-order valence-electron chi connectivity index (χ1n) is 5.70. The van der Waals surface area contributed by atoms with E-state index in [4.69, 9.17) is 11.6 Å².